The van der Waals surface area contributed by atoms with Crippen LogP contribution in [0.3, 0.4) is 0 Å². The summed E-state index contributed by atoms with van der Waals surface area (Å²) >= 11 is 0. The van der Waals surface area contributed by atoms with E-state index in [1.54, 1.807) is 0 Å². The van der Waals surface area contributed by atoms with Gasteiger partial charge in [-0.05, 0) is 49.8 Å². The molecule has 1 aliphatic rings. The number of fused-ring (bicyclic) bond motifs is 1. The molecule has 0 spiro atoms. The average molecular weight is 327 g/mol. The van der Waals surface area contributed by atoms with Crippen LogP contribution in [0.15, 0.2) is 24.3 Å². The number of carbonyl (C=O) groups excluding carboxylic acids is 1. The molecule has 3 rings (SSSR count). The fourth-order valence-electron chi connectivity index (χ4n) is 4.08. The fourth-order valence-corrected chi connectivity index (χ4v) is 4.08. The number of hydrogen-bond acceptors (Lipinski definition) is 2. The van der Waals surface area contributed by atoms with Crippen LogP contribution in [0, 0.1) is 18.8 Å². The highest BCUT2D eigenvalue weighted by atomic mass is 16.1. The van der Waals surface area contributed by atoms with Crippen LogP contribution in [-0.4, -0.2) is 42.0 Å². The first kappa shape index (κ1) is 17.0. The van der Waals surface area contributed by atoms with Crippen LogP contribution in [0.1, 0.15) is 42.7 Å². The summed E-state index contributed by atoms with van der Waals surface area (Å²) in [6, 6.07) is 8.06. The van der Waals surface area contributed by atoms with Gasteiger partial charge in [-0.1, -0.05) is 32.0 Å². The predicted molar refractivity (Wildman–Crippen MR) is 99.4 cm³/mol. The number of amides is 1. The van der Waals surface area contributed by atoms with Crippen molar-refractivity contribution in [2.24, 2.45) is 11.8 Å². The van der Waals surface area contributed by atoms with Crippen LogP contribution in [0.5, 0.6) is 0 Å². The lowest BCUT2D eigenvalue weighted by atomic mass is 9.92. The molecule has 4 heteroatoms. The third-order valence-electron chi connectivity index (χ3n) is 5.07. The first-order chi connectivity index (χ1) is 11.5. The molecule has 0 bridgehead atoms. The largest absolute Gasteiger partial charge is 0.351 e. The molecule has 1 fully saturated rings. The third kappa shape index (κ3) is 3.81. The minimum Gasteiger partial charge on any atom is -0.351 e. The molecule has 1 aliphatic heterocycles. The SMILES string of the molecule is Cc1c(C(=O)NCCCN2C[C@@H](C)C[C@H](C)C2)[nH]c2ccccc12. The number of para-hydroxylation sites is 1. The third-order valence-corrected chi connectivity index (χ3v) is 5.07. The number of piperidine rings is 1. The number of aromatic nitrogens is 1. The number of rotatable bonds is 5. The van der Waals surface area contributed by atoms with Crippen molar-refractivity contribution in [2.75, 3.05) is 26.2 Å². The number of aryl methyl sites for hydroxylation is 1. The molecule has 2 heterocycles. The van der Waals surface area contributed by atoms with E-state index in [1.807, 2.05) is 25.1 Å². The lowest BCUT2D eigenvalue weighted by Crippen LogP contribution is -2.40. The summed E-state index contributed by atoms with van der Waals surface area (Å²) in [5, 5.41) is 4.19. The zero-order valence-electron chi connectivity index (χ0n) is 15.1. The van der Waals surface area contributed by atoms with Gasteiger partial charge in [0, 0.05) is 30.5 Å². The molecule has 0 aliphatic carbocycles. The second-order valence-electron chi connectivity index (χ2n) is 7.49. The zero-order chi connectivity index (χ0) is 17.1. The number of nitrogens with zero attached hydrogens (tertiary/aromatic N) is 1. The van der Waals surface area contributed by atoms with E-state index in [1.165, 1.54) is 19.5 Å². The quantitative estimate of drug-likeness (QED) is 0.825. The van der Waals surface area contributed by atoms with Crippen molar-refractivity contribution in [3.8, 4) is 0 Å². The standard InChI is InChI=1S/C20H29N3O/c1-14-11-15(2)13-23(12-14)10-6-9-21-20(24)19-16(3)17-7-4-5-8-18(17)22-19/h4-5,7-8,14-15,22H,6,9-13H2,1-3H3,(H,21,24)/t14-,15-/m0/s1. The molecule has 1 aromatic heterocycles. The average Bonchev–Trinajstić information content (AvgIpc) is 2.88. The zero-order valence-corrected chi connectivity index (χ0v) is 15.1. The van der Waals surface area contributed by atoms with Crippen LogP contribution in [0.25, 0.3) is 10.9 Å². The molecule has 0 radical (unpaired) electrons. The Kier molecular flexibility index (Phi) is 5.24. The lowest BCUT2D eigenvalue weighted by Gasteiger charge is -2.34. The molecule has 0 saturated carbocycles. The minimum atomic E-state index is 0.00378. The van der Waals surface area contributed by atoms with E-state index in [0.717, 1.165) is 47.8 Å². The van der Waals surface area contributed by atoms with Crippen LogP contribution in [0.2, 0.25) is 0 Å². The second-order valence-corrected chi connectivity index (χ2v) is 7.49. The Morgan fingerprint density at radius 1 is 1.25 bits per heavy atom. The molecular formula is C20H29N3O. The number of aromatic amines is 1. The Balaban J connectivity index is 1.49. The van der Waals surface area contributed by atoms with E-state index in [4.69, 9.17) is 0 Å². The predicted octanol–water partition coefficient (Wildman–Crippen LogP) is 3.57. The van der Waals surface area contributed by atoms with Gasteiger partial charge in [-0.25, -0.2) is 0 Å². The van der Waals surface area contributed by atoms with E-state index in [-0.39, 0.29) is 5.91 Å². The van der Waals surface area contributed by atoms with E-state index >= 15 is 0 Å². The second kappa shape index (κ2) is 7.39. The Bertz CT molecular complexity index is 696. The summed E-state index contributed by atoms with van der Waals surface area (Å²) in [5.41, 5.74) is 2.75. The molecule has 1 amide bonds. The van der Waals surface area contributed by atoms with Gasteiger partial charge in [0.2, 0.25) is 0 Å². The van der Waals surface area contributed by atoms with Gasteiger partial charge < -0.3 is 15.2 Å². The first-order valence-electron chi connectivity index (χ1n) is 9.12. The van der Waals surface area contributed by atoms with Gasteiger partial charge in [-0.15, -0.1) is 0 Å². The van der Waals surface area contributed by atoms with Crippen molar-refractivity contribution in [1.29, 1.82) is 0 Å². The van der Waals surface area contributed by atoms with E-state index < -0.39 is 0 Å². The van der Waals surface area contributed by atoms with Gasteiger partial charge in [0.15, 0.2) is 0 Å². The fraction of sp³-hybridized carbons (Fsp3) is 0.550. The summed E-state index contributed by atoms with van der Waals surface area (Å²) < 4.78 is 0. The topological polar surface area (TPSA) is 48.1 Å². The first-order valence-corrected chi connectivity index (χ1v) is 9.12. The van der Waals surface area contributed by atoms with Crippen LogP contribution < -0.4 is 5.32 Å². The van der Waals surface area contributed by atoms with Crippen molar-refractivity contribution in [3.05, 3.63) is 35.5 Å². The summed E-state index contributed by atoms with van der Waals surface area (Å²) in [4.78, 5) is 18.2. The summed E-state index contributed by atoms with van der Waals surface area (Å²) in [6.07, 6.45) is 2.34. The van der Waals surface area contributed by atoms with Gasteiger partial charge >= 0.3 is 0 Å². The summed E-state index contributed by atoms with van der Waals surface area (Å²) in [7, 11) is 0. The van der Waals surface area contributed by atoms with Crippen LogP contribution >= 0.6 is 0 Å². The highest BCUT2D eigenvalue weighted by Gasteiger charge is 2.21. The molecule has 0 unspecified atom stereocenters. The molecule has 24 heavy (non-hydrogen) atoms. The van der Waals surface area contributed by atoms with E-state index in [9.17, 15) is 4.79 Å². The van der Waals surface area contributed by atoms with Crippen molar-refractivity contribution in [2.45, 2.75) is 33.6 Å². The maximum absolute atomic E-state index is 12.4. The molecule has 1 saturated heterocycles. The molecule has 4 nitrogen and oxygen atoms in total. The Labute approximate surface area is 144 Å². The Morgan fingerprint density at radius 3 is 2.67 bits per heavy atom. The van der Waals surface area contributed by atoms with Crippen LogP contribution in [0.4, 0.5) is 0 Å². The smallest absolute Gasteiger partial charge is 0.268 e. The number of hydrogen-bond donors (Lipinski definition) is 2. The number of nitrogens with one attached hydrogen (secondary N) is 2. The van der Waals surface area contributed by atoms with Gasteiger partial charge in [0.25, 0.3) is 5.91 Å². The number of benzene rings is 1. The monoisotopic (exact) mass is 327 g/mol. The van der Waals surface area contributed by atoms with Crippen molar-refractivity contribution in [1.82, 2.24) is 15.2 Å². The molecule has 2 atom stereocenters. The van der Waals surface area contributed by atoms with Gasteiger partial charge in [-0.2, -0.15) is 0 Å². The van der Waals surface area contributed by atoms with E-state index in [0.29, 0.717) is 5.69 Å². The summed E-state index contributed by atoms with van der Waals surface area (Å²) in [6.45, 7) is 10.9. The van der Waals surface area contributed by atoms with Gasteiger partial charge in [0.1, 0.15) is 5.69 Å². The summed E-state index contributed by atoms with van der Waals surface area (Å²) in [5.74, 6) is 1.58. The van der Waals surface area contributed by atoms with Gasteiger partial charge in [0.05, 0.1) is 0 Å². The number of carbonyl (C=O) groups is 1. The van der Waals surface area contributed by atoms with Gasteiger partial charge in [-0.3, -0.25) is 4.79 Å². The lowest BCUT2D eigenvalue weighted by molar-refractivity contribution is 0.0942. The molecule has 2 N–H and O–H groups in total. The molecule has 2 aromatic rings. The molecule has 1 aromatic carbocycles. The number of H-pyrrole nitrogens is 1. The maximum atomic E-state index is 12.4. The highest BCUT2D eigenvalue weighted by molar-refractivity contribution is 6.00. The molecular weight excluding hydrogens is 298 g/mol. The Hall–Kier alpha value is -1.81. The van der Waals surface area contributed by atoms with Crippen molar-refractivity contribution >= 4 is 16.8 Å². The van der Waals surface area contributed by atoms with Crippen LogP contribution in [-0.2, 0) is 0 Å². The van der Waals surface area contributed by atoms with Crippen molar-refractivity contribution in [3.63, 3.8) is 0 Å². The minimum absolute atomic E-state index is 0.00378. The maximum Gasteiger partial charge on any atom is 0.268 e. The Morgan fingerprint density at radius 2 is 1.96 bits per heavy atom. The molecule has 130 valence electrons. The number of likely N-dealkylation sites (tertiary alicyclic amines) is 1. The van der Waals surface area contributed by atoms with Crippen molar-refractivity contribution < 1.29 is 4.79 Å². The van der Waals surface area contributed by atoms with E-state index in [2.05, 4.69) is 35.1 Å². The highest BCUT2D eigenvalue weighted by Crippen LogP contribution is 2.22. The normalized spacial score (nSPS) is 22.0.